The van der Waals surface area contributed by atoms with Crippen molar-refractivity contribution >= 4 is 34.9 Å². The maximum Gasteiger partial charge on any atom is 0.324 e. The van der Waals surface area contributed by atoms with Gasteiger partial charge in [-0.15, -0.1) is 0 Å². The number of rotatable bonds is 5. The summed E-state index contributed by atoms with van der Waals surface area (Å²) in [5.74, 6) is -0.222. The molecule has 0 atom stereocenters. The van der Waals surface area contributed by atoms with Crippen LogP contribution in [0.25, 0.3) is 0 Å². The van der Waals surface area contributed by atoms with Crippen molar-refractivity contribution in [1.82, 2.24) is 4.90 Å². The first kappa shape index (κ1) is 21.9. The van der Waals surface area contributed by atoms with Crippen LogP contribution in [0.2, 0.25) is 5.02 Å². The minimum absolute atomic E-state index is 0.0170. The lowest BCUT2D eigenvalue weighted by molar-refractivity contribution is 0.102. The molecule has 1 saturated heterocycles. The maximum atomic E-state index is 13.2. The Morgan fingerprint density at radius 3 is 2.41 bits per heavy atom. The zero-order chi connectivity index (χ0) is 22.7. The molecule has 0 aromatic heterocycles. The molecule has 32 heavy (non-hydrogen) atoms. The summed E-state index contributed by atoms with van der Waals surface area (Å²) in [5, 5.41) is 3.48. The highest BCUT2D eigenvalue weighted by Crippen LogP contribution is 2.25. The summed E-state index contributed by atoms with van der Waals surface area (Å²) in [6.45, 7) is 6.12. The highest BCUT2D eigenvalue weighted by molar-refractivity contribution is 6.30. The maximum absolute atomic E-state index is 13.2. The monoisotopic (exact) mass is 447 g/mol. The molecule has 1 N–H and O–H groups in total. The number of hydrogen-bond donors (Lipinski definition) is 1. The van der Waals surface area contributed by atoms with E-state index in [4.69, 9.17) is 11.6 Å². The van der Waals surface area contributed by atoms with Gasteiger partial charge in [0, 0.05) is 41.6 Å². The number of nitrogens with zero attached hydrogens (tertiary/aromatic N) is 2. The van der Waals surface area contributed by atoms with Crippen molar-refractivity contribution in [2.45, 2.75) is 26.8 Å². The van der Waals surface area contributed by atoms with Crippen LogP contribution in [-0.2, 0) is 6.54 Å². The van der Waals surface area contributed by atoms with Gasteiger partial charge in [0.05, 0.1) is 0 Å². The Morgan fingerprint density at radius 2 is 1.69 bits per heavy atom. The van der Waals surface area contributed by atoms with E-state index in [0.29, 0.717) is 29.4 Å². The normalized spacial score (nSPS) is 13.9. The Hall–Kier alpha value is -3.31. The van der Waals surface area contributed by atoms with Crippen molar-refractivity contribution in [3.8, 4) is 0 Å². The molecule has 0 spiro atoms. The quantitative estimate of drug-likeness (QED) is 0.518. The van der Waals surface area contributed by atoms with E-state index in [1.54, 1.807) is 29.2 Å². The fourth-order valence-corrected chi connectivity index (χ4v) is 4.23. The van der Waals surface area contributed by atoms with Crippen molar-refractivity contribution in [3.05, 3.63) is 94.0 Å². The summed E-state index contributed by atoms with van der Waals surface area (Å²) >= 11 is 5.90. The van der Waals surface area contributed by atoms with E-state index in [-0.39, 0.29) is 11.9 Å². The number of amides is 3. The standard InChI is InChI=1S/C26H26ClN3O2/c1-18-13-19(2)15-20(14-18)17-29-11-4-12-30(26(29)32)24-6-3-5-23(16-24)28-25(31)21-7-9-22(27)10-8-21/h3,5-10,13-16H,4,11-12,17H2,1-2H3,(H,28,31). The van der Waals surface area contributed by atoms with E-state index in [0.717, 1.165) is 24.2 Å². The number of halogens is 1. The molecule has 1 aliphatic rings. The van der Waals surface area contributed by atoms with E-state index < -0.39 is 0 Å². The van der Waals surface area contributed by atoms with Crippen molar-refractivity contribution < 1.29 is 9.59 Å². The zero-order valence-electron chi connectivity index (χ0n) is 18.3. The lowest BCUT2D eigenvalue weighted by Crippen LogP contribution is -2.49. The van der Waals surface area contributed by atoms with Crippen LogP contribution in [0.4, 0.5) is 16.2 Å². The second-order valence-electron chi connectivity index (χ2n) is 8.22. The lowest BCUT2D eigenvalue weighted by Gasteiger charge is -2.36. The third-order valence-electron chi connectivity index (χ3n) is 5.49. The van der Waals surface area contributed by atoms with Crippen LogP contribution in [0.1, 0.15) is 33.5 Å². The molecule has 0 saturated carbocycles. The third kappa shape index (κ3) is 5.11. The molecule has 3 aromatic carbocycles. The molecule has 164 valence electrons. The van der Waals surface area contributed by atoms with Gasteiger partial charge < -0.3 is 10.2 Å². The highest BCUT2D eigenvalue weighted by atomic mass is 35.5. The first-order valence-electron chi connectivity index (χ1n) is 10.7. The first-order valence-corrected chi connectivity index (χ1v) is 11.1. The Morgan fingerprint density at radius 1 is 0.969 bits per heavy atom. The predicted octanol–water partition coefficient (Wildman–Crippen LogP) is 6.04. The third-order valence-corrected chi connectivity index (χ3v) is 5.74. The van der Waals surface area contributed by atoms with Crippen molar-refractivity contribution in [1.29, 1.82) is 0 Å². The van der Waals surface area contributed by atoms with Crippen LogP contribution in [-0.4, -0.2) is 29.9 Å². The van der Waals surface area contributed by atoms with Gasteiger partial charge in [0.15, 0.2) is 0 Å². The average molecular weight is 448 g/mol. The summed E-state index contributed by atoms with van der Waals surface area (Å²) in [6.07, 6.45) is 0.887. The molecule has 0 aliphatic carbocycles. The fourth-order valence-electron chi connectivity index (χ4n) is 4.10. The van der Waals surface area contributed by atoms with Gasteiger partial charge in [0.2, 0.25) is 0 Å². The van der Waals surface area contributed by atoms with Gasteiger partial charge in [-0.3, -0.25) is 9.69 Å². The largest absolute Gasteiger partial charge is 0.324 e. The molecule has 6 heteroatoms. The second kappa shape index (κ2) is 9.45. The molecule has 5 nitrogen and oxygen atoms in total. The highest BCUT2D eigenvalue weighted by Gasteiger charge is 2.27. The predicted molar refractivity (Wildman–Crippen MR) is 130 cm³/mol. The summed E-state index contributed by atoms with van der Waals surface area (Å²) in [6, 6.07) is 20.5. The second-order valence-corrected chi connectivity index (χ2v) is 8.65. The number of anilines is 2. The molecular weight excluding hydrogens is 422 g/mol. The summed E-state index contributed by atoms with van der Waals surface area (Å²) < 4.78 is 0. The van der Waals surface area contributed by atoms with Crippen LogP contribution in [0.15, 0.2) is 66.7 Å². The molecule has 1 fully saturated rings. The van der Waals surface area contributed by atoms with E-state index >= 15 is 0 Å². The van der Waals surface area contributed by atoms with E-state index in [1.807, 2.05) is 29.2 Å². The van der Waals surface area contributed by atoms with Gasteiger partial charge in [0.25, 0.3) is 5.91 Å². The van der Waals surface area contributed by atoms with Gasteiger partial charge in [0.1, 0.15) is 0 Å². The number of carbonyl (C=O) groups is 2. The van der Waals surface area contributed by atoms with Crippen LogP contribution in [0.5, 0.6) is 0 Å². The molecular formula is C26H26ClN3O2. The molecule has 4 rings (SSSR count). The van der Waals surface area contributed by atoms with Crippen LogP contribution in [0, 0.1) is 13.8 Å². The Kier molecular flexibility index (Phi) is 6.47. The van der Waals surface area contributed by atoms with Gasteiger partial charge in [-0.1, -0.05) is 47.0 Å². The van der Waals surface area contributed by atoms with Crippen LogP contribution >= 0.6 is 11.6 Å². The van der Waals surface area contributed by atoms with Crippen molar-refractivity contribution in [2.24, 2.45) is 0 Å². The topological polar surface area (TPSA) is 52.6 Å². The fraction of sp³-hybridized carbons (Fsp3) is 0.231. The summed E-state index contributed by atoms with van der Waals surface area (Å²) in [7, 11) is 0. The summed E-state index contributed by atoms with van der Waals surface area (Å²) in [4.78, 5) is 29.5. The minimum atomic E-state index is -0.222. The number of nitrogens with one attached hydrogen (secondary N) is 1. The van der Waals surface area contributed by atoms with Gasteiger partial charge in [-0.2, -0.15) is 0 Å². The molecule has 0 unspecified atom stereocenters. The first-order chi connectivity index (χ1) is 15.4. The van der Waals surface area contributed by atoms with E-state index in [2.05, 4.69) is 37.4 Å². The number of carbonyl (C=O) groups excluding carboxylic acids is 2. The van der Waals surface area contributed by atoms with Crippen LogP contribution < -0.4 is 10.2 Å². The molecule has 1 aliphatic heterocycles. The summed E-state index contributed by atoms with van der Waals surface area (Å²) in [5.41, 5.74) is 5.47. The minimum Gasteiger partial charge on any atom is -0.322 e. The SMILES string of the molecule is Cc1cc(C)cc(CN2CCCN(c3cccc(NC(=O)c4ccc(Cl)cc4)c3)C2=O)c1. The number of benzene rings is 3. The lowest BCUT2D eigenvalue weighted by atomic mass is 10.1. The molecule has 0 bridgehead atoms. The molecule has 1 heterocycles. The van der Waals surface area contributed by atoms with Crippen molar-refractivity contribution in [2.75, 3.05) is 23.3 Å². The smallest absolute Gasteiger partial charge is 0.322 e. The molecule has 3 amide bonds. The van der Waals surface area contributed by atoms with E-state index in [1.165, 1.54) is 11.1 Å². The van der Waals surface area contributed by atoms with E-state index in [9.17, 15) is 9.59 Å². The van der Waals surface area contributed by atoms with Gasteiger partial charge in [-0.25, -0.2) is 4.79 Å². The van der Waals surface area contributed by atoms with Crippen LogP contribution in [0.3, 0.4) is 0 Å². The zero-order valence-corrected chi connectivity index (χ0v) is 19.0. The molecule has 3 aromatic rings. The molecule has 0 radical (unpaired) electrons. The Labute approximate surface area is 193 Å². The number of aryl methyl sites for hydroxylation is 2. The Balaban J connectivity index is 1.48. The number of hydrogen-bond acceptors (Lipinski definition) is 2. The van der Waals surface area contributed by atoms with Crippen molar-refractivity contribution in [3.63, 3.8) is 0 Å². The Bertz CT molecular complexity index is 1120. The average Bonchev–Trinajstić information content (AvgIpc) is 2.75. The van der Waals surface area contributed by atoms with Gasteiger partial charge in [-0.05, 0) is 68.3 Å². The number of urea groups is 1. The van der Waals surface area contributed by atoms with Gasteiger partial charge >= 0.3 is 6.03 Å².